The van der Waals surface area contributed by atoms with Gasteiger partial charge in [0, 0.05) is 10.6 Å². The third-order valence-corrected chi connectivity index (χ3v) is 4.37. The summed E-state index contributed by atoms with van der Waals surface area (Å²) in [5.74, 6) is -0.137. The summed E-state index contributed by atoms with van der Waals surface area (Å²) < 4.78 is 4.51. The molecule has 0 radical (unpaired) electrons. The third-order valence-electron chi connectivity index (χ3n) is 3.23. The first-order valence-electron chi connectivity index (χ1n) is 7.20. The van der Waals surface area contributed by atoms with Gasteiger partial charge in [0.25, 0.3) is 5.91 Å². The standard InChI is InChI=1S/C18H16N2O3S/c1-23-17(21)11-20-18(22)15-4-2-3-5-16(15)24-12-14-8-6-13(10-19)7-9-14/h2-9H,11-12H2,1H3,(H,20,22). The zero-order chi connectivity index (χ0) is 17.4. The Bertz CT molecular complexity index is 767. The number of thioether (sulfide) groups is 1. The lowest BCUT2D eigenvalue weighted by molar-refractivity contribution is -0.139. The van der Waals surface area contributed by atoms with Crippen LogP contribution in [0.1, 0.15) is 21.5 Å². The van der Waals surface area contributed by atoms with Crippen LogP contribution in [-0.4, -0.2) is 25.5 Å². The number of hydrogen-bond donors (Lipinski definition) is 1. The molecule has 2 aromatic rings. The molecule has 122 valence electrons. The van der Waals surface area contributed by atoms with E-state index in [9.17, 15) is 9.59 Å². The Labute approximate surface area is 144 Å². The molecule has 0 unspecified atom stereocenters. The molecule has 1 N–H and O–H groups in total. The maximum absolute atomic E-state index is 12.2. The Morgan fingerprint density at radius 1 is 1.17 bits per heavy atom. The van der Waals surface area contributed by atoms with Gasteiger partial charge in [-0.3, -0.25) is 9.59 Å². The van der Waals surface area contributed by atoms with Crippen molar-refractivity contribution < 1.29 is 14.3 Å². The monoisotopic (exact) mass is 340 g/mol. The van der Waals surface area contributed by atoms with Crippen LogP contribution in [0.3, 0.4) is 0 Å². The number of carbonyl (C=O) groups excluding carboxylic acids is 2. The van der Waals surface area contributed by atoms with Crippen LogP contribution in [-0.2, 0) is 15.3 Å². The Morgan fingerprint density at radius 3 is 2.54 bits per heavy atom. The van der Waals surface area contributed by atoms with Crippen LogP contribution in [0, 0.1) is 11.3 Å². The molecule has 0 aliphatic carbocycles. The van der Waals surface area contributed by atoms with Crippen molar-refractivity contribution in [3.8, 4) is 6.07 Å². The van der Waals surface area contributed by atoms with Crippen molar-refractivity contribution in [1.82, 2.24) is 5.32 Å². The molecule has 2 aromatic carbocycles. The molecule has 0 aliphatic rings. The lowest BCUT2D eigenvalue weighted by Crippen LogP contribution is -2.30. The molecule has 0 saturated carbocycles. The van der Waals surface area contributed by atoms with Crippen LogP contribution in [0.4, 0.5) is 0 Å². The number of nitrogens with zero attached hydrogens (tertiary/aromatic N) is 1. The number of ether oxygens (including phenoxy) is 1. The molecule has 0 bridgehead atoms. The summed E-state index contributed by atoms with van der Waals surface area (Å²) in [6.07, 6.45) is 0. The molecular weight excluding hydrogens is 324 g/mol. The van der Waals surface area contributed by atoms with Gasteiger partial charge in [0.1, 0.15) is 6.54 Å². The van der Waals surface area contributed by atoms with E-state index in [-0.39, 0.29) is 12.5 Å². The van der Waals surface area contributed by atoms with E-state index in [1.165, 1.54) is 18.9 Å². The second-order valence-corrected chi connectivity index (χ2v) is 5.87. The van der Waals surface area contributed by atoms with E-state index in [2.05, 4.69) is 16.1 Å². The first kappa shape index (κ1) is 17.6. The zero-order valence-electron chi connectivity index (χ0n) is 13.1. The molecule has 5 nitrogen and oxygen atoms in total. The molecule has 24 heavy (non-hydrogen) atoms. The van der Waals surface area contributed by atoms with Gasteiger partial charge in [-0.25, -0.2) is 0 Å². The Balaban J connectivity index is 2.03. The van der Waals surface area contributed by atoms with Crippen LogP contribution in [0.2, 0.25) is 0 Å². The molecule has 0 fully saturated rings. The van der Waals surface area contributed by atoms with E-state index in [1.54, 1.807) is 24.3 Å². The number of methoxy groups -OCH3 is 1. The summed E-state index contributed by atoms with van der Waals surface area (Å²) in [6.45, 7) is -0.163. The maximum Gasteiger partial charge on any atom is 0.325 e. The fourth-order valence-corrected chi connectivity index (χ4v) is 2.94. The van der Waals surface area contributed by atoms with E-state index >= 15 is 0 Å². The van der Waals surface area contributed by atoms with Crippen LogP contribution in [0.5, 0.6) is 0 Å². The number of amides is 1. The summed E-state index contributed by atoms with van der Waals surface area (Å²) >= 11 is 1.52. The highest BCUT2D eigenvalue weighted by atomic mass is 32.2. The number of hydrogen-bond acceptors (Lipinski definition) is 5. The third kappa shape index (κ3) is 4.86. The van der Waals surface area contributed by atoms with E-state index in [0.29, 0.717) is 16.9 Å². The molecular formula is C18H16N2O3S. The highest BCUT2D eigenvalue weighted by Crippen LogP contribution is 2.26. The molecule has 0 atom stereocenters. The van der Waals surface area contributed by atoms with Crippen LogP contribution >= 0.6 is 11.8 Å². The number of rotatable bonds is 6. The smallest absolute Gasteiger partial charge is 0.325 e. The molecule has 6 heteroatoms. The summed E-state index contributed by atoms with van der Waals surface area (Å²) in [5, 5.41) is 11.3. The highest BCUT2D eigenvalue weighted by Gasteiger charge is 2.12. The van der Waals surface area contributed by atoms with Crippen molar-refractivity contribution in [3.63, 3.8) is 0 Å². The number of nitrogens with one attached hydrogen (secondary N) is 1. The van der Waals surface area contributed by atoms with Crippen LogP contribution < -0.4 is 5.32 Å². The minimum Gasteiger partial charge on any atom is -0.468 e. The summed E-state index contributed by atoms with van der Waals surface area (Å²) in [4.78, 5) is 24.2. The molecule has 0 saturated heterocycles. The largest absolute Gasteiger partial charge is 0.468 e. The van der Waals surface area contributed by atoms with E-state index in [1.807, 2.05) is 24.3 Å². The topological polar surface area (TPSA) is 79.2 Å². The van der Waals surface area contributed by atoms with E-state index < -0.39 is 5.97 Å². The fourth-order valence-electron chi connectivity index (χ4n) is 1.94. The molecule has 0 heterocycles. The Hall–Kier alpha value is -2.78. The average molecular weight is 340 g/mol. The second kappa shape index (κ2) is 8.75. The van der Waals surface area contributed by atoms with Gasteiger partial charge in [-0.05, 0) is 29.8 Å². The summed E-state index contributed by atoms with van der Waals surface area (Å²) in [5.41, 5.74) is 2.19. The van der Waals surface area contributed by atoms with Gasteiger partial charge in [0.05, 0.1) is 24.3 Å². The number of nitriles is 1. The van der Waals surface area contributed by atoms with E-state index in [0.717, 1.165) is 10.5 Å². The van der Waals surface area contributed by atoms with Crippen molar-refractivity contribution in [2.45, 2.75) is 10.6 Å². The Kier molecular flexibility index (Phi) is 6.41. The summed E-state index contributed by atoms with van der Waals surface area (Å²) in [7, 11) is 1.27. The number of benzene rings is 2. The van der Waals surface area contributed by atoms with Crippen molar-refractivity contribution >= 4 is 23.6 Å². The quantitative estimate of drug-likeness (QED) is 0.646. The molecule has 0 spiro atoms. The summed E-state index contributed by atoms with van der Waals surface area (Å²) in [6, 6.07) is 16.6. The molecule has 1 amide bonds. The van der Waals surface area contributed by atoms with Gasteiger partial charge in [-0.15, -0.1) is 11.8 Å². The number of esters is 1. The van der Waals surface area contributed by atoms with Gasteiger partial charge in [-0.2, -0.15) is 5.26 Å². The normalized spacial score (nSPS) is 9.83. The van der Waals surface area contributed by atoms with Crippen LogP contribution in [0.15, 0.2) is 53.4 Å². The van der Waals surface area contributed by atoms with Crippen molar-refractivity contribution in [3.05, 3.63) is 65.2 Å². The zero-order valence-corrected chi connectivity index (χ0v) is 13.9. The molecule has 0 aromatic heterocycles. The van der Waals surface area contributed by atoms with E-state index in [4.69, 9.17) is 5.26 Å². The SMILES string of the molecule is COC(=O)CNC(=O)c1ccccc1SCc1ccc(C#N)cc1. The fraction of sp³-hybridized carbons (Fsp3) is 0.167. The van der Waals surface area contributed by atoms with Gasteiger partial charge in [0.2, 0.25) is 0 Å². The van der Waals surface area contributed by atoms with Crippen molar-refractivity contribution in [1.29, 1.82) is 5.26 Å². The van der Waals surface area contributed by atoms with Gasteiger partial charge >= 0.3 is 5.97 Å². The second-order valence-electron chi connectivity index (χ2n) is 4.85. The lowest BCUT2D eigenvalue weighted by Gasteiger charge is -2.09. The first-order valence-corrected chi connectivity index (χ1v) is 8.18. The van der Waals surface area contributed by atoms with Crippen molar-refractivity contribution in [2.75, 3.05) is 13.7 Å². The first-order chi connectivity index (χ1) is 11.6. The van der Waals surface area contributed by atoms with Gasteiger partial charge in [0.15, 0.2) is 0 Å². The predicted octanol–water partition coefficient (Wildman–Crippen LogP) is 2.75. The highest BCUT2D eigenvalue weighted by molar-refractivity contribution is 7.98. The van der Waals surface area contributed by atoms with Gasteiger partial charge in [-0.1, -0.05) is 24.3 Å². The van der Waals surface area contributed by atoms with Crippen molar-refractivity contribution in [2.24, 2.45) is 0 Å². The Morgan fingerprint density at radius 2 is 1.88 bits per heavy atom. The molecule has 2 rings (SSSR count). The average Bonchev–Trinajstić information content (AvgIpc) is 2.64. The lowest BCUT2D eigenvalue weighted by atomic mass is 10.2. The van der Waals surface area contributed by atoms with Gasteiger partial charge < -0.3 is 10.1 Å². The number of carbonyl (C=O) groups is 2. The minimum atomic E-state index is -0.494. The predicted molar refractivity (Wildman–Crippen MR) is 91.5 cm³/mol. The minimum absolute atomic E-state index is 0.163. The molecule has 0 aliphatic heterocycles. The van der Waals surface area contributed by atoms with Crippen LogP contribution in [0.25, 0.3) is 0 Å². The maximum atomic E-state index is 12.2.